The average molecular weight is 345 g/mol. The van der Waals surface area contributed by atoms with E-state index in [9.17, 15) is 4.79 Å². The van der Waals surface area contributed by atoms with Crippen LogP contribution in [0, 0.1) is 0 Å². The van der Waals surface area contributed by atoms with E-state index in [0.29, 0.717) is 23.9 Å². The summed E-state index contributed by atoms with van der Waals surface area (Å²) in [5, 5.41) is 6.65. The standard InChI is InChI=1S/C18H23N3O4/c1-18(2,3)14-9-16(25-21-14)20-17(22)12-6-7-15(19-10-12)24-11-13-5-4-8-23-13/h6-7,9-10,13H,4-5,8,11H2,1-3H3,(H,20,22)/t13-/m0/s1. The van der Waals surface area contributed by atoms with Crippen LogP contribution in [0.5, 0.6) is 5.88 Å². The molecule has 0 aromatic carbocycles. The van der Waals surface area contributed by atoms with Crippen molar-refractivity contribution in [2.24, 2.45) is 0 Å². The van der Waals surface area contributed by atoms with E-state index in [1.807, 2.05) is 20.8 Å². The summed E-state index contributed by atoms with van der Waals surface area (Å²) in [7, 11) is 0. The fraction of sp³-hybridized carbons (Fsp3) is 0.500. The van der Waals surface area contributed by atoms with E-state index < -0.39 is 0 Å². The number of amides is 1. The van der Waals surface area contributed by atoms with Crippen LogP contribution < -0.4 is 10.1 Å². The zero-order valence-corrected chi connectivity index (χ0v) is 14.7. The highest BCUT2D eigenvalue weighted by molar-refractivity contribution is 6.03. The van der Waals surface area contributed by atoms with Crippen LogP contribution >= 0.6 is 0 Å². The van der Waals surface area contributed by atoms with Gasteiger partial charge in [-0.2, -0.15) is 0 Å². The van der Waals surface area contributed by atoms with Gasteiger partial charge in [0.1, 0.15) is 6.61 Å². The molecule has 3 heterocycles. The molecule has 0 saturated carbocycles. The first-order valence-corrected chi connectivity index (χ1v) is 8.41. The number of nitrogens with zero attached hydrogens (tertiary/aromatic N) is 2. The molecule has 2 aromatic rings. The summed E-state index contributed by atoms with van der Waals surface area (Å²) in [5.41, 5.74) is 1.05. The minimum Gasteiger partial charge on any atom is -0.475 e. The lowest BCUT2D eigenvalue weighted by atomic mass is 9.92. The third-order valence-corrected chi connectivity index (χ3v) is 3.95. The largest absolute Gasteiger partial charge is 0.475 e. The van der Waals surface area contributed by atoms with Gasteiger partial charge in [-0.3, -0.25) is 10.1 Å². The van der Waals surface area contributed by atoms with E-state index in [1.54, 1.807) is 18.2 Å². The highest BCUT2D eigenvalue weighted by atomic mass is 16.5. The van der Waals surface area contributed by atoms with E-state index in [-0.39, 0.29) is 17.4 Å². The lowest BCUT2D eigenvalue weighted by Crippen LogP contribution is -2.17. The topological polar surface area (TPSA) is 86.5 Å². The van der Waals surface area contributed by atoms with Gasteiger partial charge in [-0.25, -0.2) is 4.98 Å². The van der Waals surface area contributed by atoms with Crippen molar-refractivity contribution in [3.05, 3.63) is 35.7 Å². The molecule has 0 radical (unpaired) electrons. The number of carbonyl (C=O) groups is 1. The molecule has 2 aromatic heterocycles. The third kappa shape index (κ3) is 4.57. The molecule has 1 N–H and O–H groups in total. The molecule has 7 nitrogen and oxygen atoms in total. The Balaban J connectivity index is 1.56. The van der Waals surface area contributed by atoms with Crippen LogP contribution in [0.1, 0.15) is 49.7 Å². The maximum atomic E-state index is 12.3. The normalized spacial score (nSPS) is 17.5. The number of rotatable bonds is 5. The molecule has 1 aliphatic rings. The average Bonchev–Trinajstić information content (AvgIpc) is 3.24. The first kappa shape index (κ1) is 17.4. The van der Waals surface area contributed by atoms with E-state index in [2.05, 4.69) is 15.5 Å². The number of pyridine rings is 1. The quantitative estimate of drug-likeness (QED) is 0.896. The van der Waals surface area contributed by atoms with Crippen molar-refractivity contribution < 1.29 is 18.8 Å². The summed E-state index contributed by atoms with van der Waals surface area (Å²) in [5.74, 6) is 0.477. The van der Waals surface area contributed by atoms with Crippen molar-refractivity contribution in [3.8, 4) is 5.88 Å². The van der Waals surface area contributed by atoms with Crippen molar-refractivity contribution >= 4 is 11.8 Å². The number of anilines is 1. The summed E-state index contributed by atoms with van der Waals surface area (Å²) in [6, 6.07) is 5.06. The van der Waals surface area contributed by atoms with Gasteiger partial charge >= 0.3 is 0 Å². The maximum absolute atomic E-state index is 12.3. The van der Waals surface area contributed by atoms with Gasteiger partial charge in [-0.1, -0.05) is 25.9 Å². The number of hydrogen-bond donors (Lipinski definition) is 1. The summed E-state index contributed by atoms with van der Waals surface area (Å²) >= 11 is 0. The summed E-state index contributed by atoms with van der Waals surface area (Å²) in [6.07, 6.45) is 3.68. The van der Waals surface area contributed by atoms with E-state index >= 15 is 0 Å². The molecule has 0 bridgehead atoms. The van der Waals surface area contributed by atoms with E-state index in [0.717, 1.165) is 25.1 Å². The Labute approximate surface area is 146 Å². The molecule has 25 heavy (non-hydrogen) atoms. The van der Waals surface area contributed by atoms with E-state index in [1.165, 1.54) is 6.20 Å². The highest BCUT2D eigenvalue weighted by Gasteiger charge is 2.20. The molecule has 0 unspecified atom stereocenters. The second-order valence-corrected chi connectivity index (χ2v) is 7.11. The molecule has 1 fully saturated rings. The van der Waals surface area contributed by atoms with Crippen molar-refractivity contribution in [2.75, 3.05) is 18.5 Å². The van der Waals surface area contributed by atoms with Crippen molar-refractivity contribution in [3.63, 3.8) is 0 Å². The molecule has 0 spiro atoms. The van der Waals surface area contributed by atoms with Gasteiger partial charge < -0.3 is 14.0 Å². The fourth-order valence-corrected chi connectivity index (χ4v) is 2.43. The molecule has 1 aliphatic heterocycles. The molecule has 1 saturated heterocycles. The SMILES string of the molecule is CC(C)(C)c1cc(NC(=O)c2ccc(OC[C@@H]3CCCO3)nc2)on1. The van der Waals surface area contributed by atoms with Gasteiger partial charge in [0.05, 0.1) is 17.4 Å². The molecule has 3 rings (SSSR count). The van der Waals surface area contributed by atoms with Gasteiger partial charge in [-0.15, -0.1) is 0 Å². The van der Waals surface area contributed by atoms with Crippen LogP contribution in [0.4, 0.5) is 5.88 Å². The van der Waals surface area contributed by atoms with E-state index in [4.69, 9.17) is 14.0 Å². The van der Waals surface area contributed by atoms with Crippen LogP contribution in [0.3, 0.4) is 0 Å². The van der Waals surface area contributed by atoms with Gasteiger partial charge in [0.15, 0.2) is 0 Å². The molecule has 7 heteroatoms. The summed E-state index contributed by atoms with van der Waals surface area (Å²) < 4.78 is 16.2. The minimum atomic E-state index is -0.310. The zero-order valence-electron chi connectivity index (χ0n) is 14.7. The molecule has 1 amide bonds. The Bertz CT molecular complexity index is 713. The Morgan fingerprint density at radius 1 is 1.40 bits per heavy atom. The number of aromatic nitrogens is 2. The van der Waals surface area contributed by atoms with Crippen molar-refractivity contribution in [1.29, 1.82) is 0 Å². The van der Waals surface area contributed by atoms with Gasteiger partial charge in [0.25, 0.3) is 5.91 Å². The molecular formula is C18H23N3O4. The lowest BCUT2D eigenvalue weighted by Gasteiger charge is -2.12. The molecular weight excluding hydrogens is 322 g/mol. The number of carbonyl (C=O) groups excluding carboxylic acids is 1. The van der Waals surface area contributed by atoms with Gasteiger partial charge in [-0.05, 0) is 18.9 Å². The highest BCUT2D eigenvalue weighted by Crippen LogP contribution is 2.24. The first-order valence-electron chi connectivity index (χ1n) is 8.41. The summed E-state index contributed by atoms with van der Waals surface area (Å²) in [4.78, 5) is 16.4. The summed E-state index contributed by atoms with van der Waals surface area (Å²) in [6.45, 7) is 7.34. The monoisotopic (exact) mass is 345 g/mol. The maximum Gasteiger partial charge on any atom is 0.259 e. The minimum absolute atomic E-state index is 0.133. The zero-order chi connectivity index (χ0) is 17.9. The van der Waals surface area contributed by atoms with Crippen LogP contribution in [0.15, 0.2) is 28.9 Å². The Hall–Kier alpha value is -2.41. The number of ether oxygens (including phenoxy) is 2. The van der Waals surface area contributed by atoms with Crippen LogP contribution in [0.25, 0.3) is 0 Å². The van der Waals surface area contributed by atoms with Crippen molar-refractivity contribution in [1.82, 2.24) is 10.1 Å². The smallest absolute Gasteiger partial charge is 0.259 e. The molecule has 134 valence electrons. The molecule has 0 aliphatic carbocycles. The second-order valence-electron chi connectivity index (χ2n) is 7.11. The predicted octanol–water partition coefficient (Wildman–Crippen LogP) is 3.18. The van der Waals surface area contributed by atoms with Gasteiger partial charge in [0, 0.05) is 30.4 Å². The molecule has 1 atom stereocenters. The van der Waals surface area contributed by atoms with Gasteiger partial charge in [0.2, 0.25) is 11.8 Å². The second kappa shape index (κ2) is 7.23. The lowest BCUT2D eigenvalue weighted by molar-refractivity contribution is 0.0663. The Morgan fingerprint density at radius 2 is 2.24 bits per heavy atom. The third-order valence-electron chi connectivity index (χ3n) is 3.95. The Kier molecular flexibility index (Phi) is 5.03. The fourth-order valence-electron chi connectivity index (χ4n) is 2.43. The predicted molar refractivity (Wildman–Crippen MR) is 91.9 cm³/mol. The number of hydrogen-bond acceptors (Lipinski definition) is 6. The Morgan fingerprint density at radius 3 is 2.84 bits per heavy atom. The van der Waals surface area contributed by atoms with Crippen LogP contribution in [0.2, 0.25) is 0 Å². The number of nitrogens with one attached hydrogen (secondary N) is 1. The van der Waals surface area contributed by atoms with Crippen molar-refractivity contribution in [2.45, 2.75) is 45.1 Å². The first-order chi connectivity index (χ1) is 11.9. The van der Waals surface area contributed by atoms with Crippen LogP contribution in [-0.2, 0) is 10.2 Å². The van der Waals surface area contributed by atoms with Crippen LogP contribution in [-0.4, -0.2) is 35.4 Å².